The van der Waals surface area contributed by atoms with Gasteiger partial charge >= 0.3 is 12.0 Å². The molecule has 1 saturated heterocycles. The number of urea groups is 1. The Morgan fingerprint density at radius 1 is 1.48 bits per heavy atom. The Balaban J connectivity index is 1.87. The molecule has 1 heterocycles. The van der Waals surface area contributed by atoms with Crippen molar-refractivity contribution in [3.05, 3.63) is 29.6 Å². The van der Waals surface area contributed by atoms with Crippen LogP contribution in [0.4, 0.5) is 14.9 Å². The SMILES string of the molecule is CC1OCCC1CNC(=O)Nc1ccc(C(=O)O)c(F)c1. The van der Waals surface area contributed by atoms with Crippen LogP contribution in [0, 0.1) is 11.7 Å². The number of carboxylic acids is 1. The van der Waals surface area contributed by atoms with Gasteiger partial charge in [0.1, 0.15) is 5.82 Å². The van der Waals surface area contributed by atoms with Gasteiger partial charge in [-0.05, 0) is 31.5 Å². The molecular formula is C14H17FN2O4. The number of amides is 2. The van der Waals surface area contributed by atoms with Gasteiger partial charge in [0, 0.05) is 24.8 Å². The highest BCUT2D eigenvalue weighted by Crippen LogP contribution is 2.19. The first-order valence-corrected chi connectivity index (χ1v) is 6.66. The lowest BCUT2D eigenvalue weighted by Crippen LogP contribution is -2.35. The number of carbonyl (C=O) groups is 2. The lowest BCUT2D eigenvalue weighted by molar-refractivity contribution is 0.0692. The fourth-order valence-electron chi connectivity index (χ4n) is 2.21. The average Bonchev–Trinajstić information content (AvgIpc) is 2.81. The number of hydrogen-bond donors (Lipinski definition) is 3. The van der Waals surface area contributed by atoms with E-state index in [2.05, 4.69) is 10.6 Å². The molecule has 2 amide bonds. The summed E-state index contributed by atoms with van der Waals surface area (Å²) < 4.78 is 18.9. The van der Waals surface area contributed by atoms with Crippen LogP contribution in [0.25, 0.3) is 0 Å². The standard InChI is InChI=1S/C14H17FN2O4/c1-8-9(4-5-21-8)7-16-14(20)17-10-2-3-11(13(18)19)12(15)6-10/h2-3,6,8-9H,4-5,7H2,1H3,(H,18,19)(H2,16,17,20). The van der Waals surface area contributed by atoms with E-state index < -0.39 is 23.4 Å². The maximum atomic E-state index is 13.5. The second kappa shape index (κ2) is 6.53. The van der Waals surface area contributed by atoms with E-state index in [9.17, 15) is 14.0 Å². The number of hydrogen-bond acceptors (Lipinski definition) is 3. The highest BCUT2D eigenvalue weighted by Gasteiger charge is 2.24. The third kappa shape index (κ3) is 3.91. The highest BCUT2D eigenvalue weighted by atomic mass is 19.1. The average molecular weight is 296 g/mol. The normalized spacial score (nSPS) is 21.0. The van der Waals surface area contributed by atoms with Gasteiger partial charge in [-0.25, -0.2) is 14.0 Å². The molecule has 1 aromatic rings. The van der Waals surface area contributed by atoms with Crippen LogP contribution < -0.4 is 10.6 Å². The van der Waals surface area contributed by atoms with E-state index >= 15 is 0 Å². The summed E-state index contributed by atoms with van der Waals surface area (Å²) in [4.78, 5) is 22.4. The molecule has 21 heavy (non-hydrogen) atoms. The number of benzene rings is 1. The number of carboxylic acid groups (broad SMARTS) is 1. The maximum absolute atomic E-state index is 13.5. The van der Waals surface area contributed by atoms with Gasteiger partial charge in [-0.1, -0.05) is 0 Å². The van der Waals surface area contributed by atoms with Crippen molar-refractivity contribution in [1.29, 1.82) is 0 Å². The Morgan fingerprint density at radius 3 is 2.81 bits per heavy atom. The molecule has 0 radical (unpaired) electrons. The summed E-state index contributed by atoms with van der Waals surface area (Å²) in [5.74, 6) is -1.97. The zero-order chi connectivity index (χ0) is 15.4. The summed E-state index contributed by atoms with van der Waals surface area (Å²) in [5.41, 5.74) is -0.233. The number of aromatic carboxylic acids is 1. The van der Waals surface area contributed by atoms with E-state index in [-0.39, 0.29) is 17.7 Å². The molecule has 0 aliphatic carbocycles. The predicted molar refractivity (Wildman–Crippen MR) is 73.9 cm³/mol. The Hall–Kier alpha value is -2.15. The molecule has 3 N–H and O–H groups in total. The van der Waals surface area contributed by atoms with Crippen LogP contribution in [0.2, 0.25) is 0 Å². The molecule has 2 rings (SSSR count). The number of anilines is 1. The van der Waals surface area contributed by atoms with Crippen LogP contribution in [0.1, 0.15) is 23.7 Å². The maximum Gasteiger partial charge on any atom is 0.338 e. The fourth-order valence-corrected chi connectivity index (χ4v) is 2.21. The number of halogens is 1. The van der Waals surface area contributed by atoms with Crippen molar-refractivity contribution < 1.29 is 23.8 Å². The predicted octanol–water partition coefficient (Wildman–Crippen LogP) is 2.07. The van der Waals surface area contributed by atoms with Crippen molar-refractivity contribution in [1.82, 2.24) is 5.32 Å². The zero-order valence-electron chi connectivity index (χ0n) is 11.6. The molecule has 2 atom stereocenters. The lowest BCUT2D eigenvalue weighted by atomic mass is 10.0. The molecule has 1 aliphatic rings. The second-order valence-corrected chi connectivity index (χ2v) is 4.96. The molecule has 2 unspecified atom stereocenters. The molecule has 1 fully saturated rings. The number of ether oxygens (including phenoxy) is 1. The van der Waals surface area contributed by atoms with Gasteiger partial charge in [-0.2, -0.15) is 0 Å². The molecule has 114 valence electrons. The van der Waals surface area contributed by atoms with Gasteiger partial charge < -0.3 is 20.5 Å². The zero-order valence-corrected chi connectivity index (χ0v) is 11.6. The summed E-state index contributed by atoms with van der Waals surface area (Å²) in [5, 5.41) is 13.9. The Kier molecular flexibility index (Phi) is 4.74. The first-order chi connectivity index (χ1) is 9.97. The molecule has 1 aliphatic heterocycles. The Labute approximate surface area is 121 Å². The van der Waals surface area contributed by atoms with E-state index in [1.807, 2.05) is 6.92 Å². The second-order valence-electron chi connectivity index (χ2n) is 4.96. The van der Waals surface area contributed by atoms with Crippen molar-refractivity contribution in [2.24, 2.45) is 5.92 Å². The minimum absolute atomic E-state index is 0.109. The monoisotopic (exact) mass is 296 g/mol. The summed E-state index contributed by atoms with van der Waals surface area (Å²) in [6, 6.07) is 2.97. The van der Waals surface area contributed by atoms with Gasteiger partial charge in [0.2, 0.25) is 0 Å². The van der Waals surface area contributed by atoms with Gasteiger partial charge in [-0.15, -0.1) is 0 Å². The van der Waals surface area contributed by atoms with Crippen molar-refractivity contribution in [3.63, 3.8) is 0 Å². The topological polar surface area (TPSA) is 87.7 Å². The van der Waals surface area contributed by atoms with E-state index in [1.54, 1.807) is 0 Å². The molecule has 0 spiro atoms. The molecule has 1 aromatic carbocycles. The molecule has 0 aromatic heterocycles. The van der Waals surface area contributed by atoms with Crippen LogP contribution in [0.5, 0.6) is 0 Å². The van der Waals surface area contributed by atoms with Gasteiger partial charge in [0.15, 0.2) is 0 Å². The van der Waals surface area contributed by atoms with Gasteiger partial charge in [0.05, 0.1) is 11.7 Å². The van der Waals surface area contributed by atoms with Crippen LogP contribution in [-0.2, 0) is 4.74 Å². The first kappa shape index (κ1) is 15.2. The molecule has 7 heteroatoms. The molecule has 6 nitrogen and oxygen atoms in total. The molecule has 0 saturated carbocycles. The highest BCUT2D eigenvalue weighted by molar-refractivity contribution is 5.91. The number of rotatable bonds is 4. The minimum atomic E-state index is -1.35. The molecule has 0 bridgehead atoms. The summed E-state index contributed by atoms with van der Waals surface area (Å²) >= 11 is 0. The van der Waals surface area contributed by atoms with Crippen molar-refractivity contribution in [3.8, 4) is 0 Å². The van der Waals surface area contributed by atoms with Crippen LogP contribution in [-0.4, -0.2) is 36.4 Å². The molecular weight excluding hydrogens is 279 g/mol. The van der Waals surface area contributed by atoms with Gasteiger partial charge in [0.25, 0.3) is 0 Å². The quantitative estimate of drug-likeness (QED) is 0.793. The van der Waals surface area contributed by atoms with Crippen LogP contribution in [0.15, 0.2) is 18.2 Å². The number of nitrogens with one attached hydrogen (secondary N) is 2. The van der Waals surface area contributed by atoms with E-state index in [0.717, 1.165) is 18.6 Å². The Bertz CT molecular complexity index is 550. The number of carbonyl (C=O) groups excluding carboxylic acids is 1. The van der Waals surface area contributed by atoms with E-state index in [4.69, 9.17) is 9.84 Å². The Morgan fingerprint density at radius 2 is 2.24 bits per heavy atom. The van der Waals surface area contributed by atoms with E-state index in [1.165, 1.54) is 6.07 Å². The lowest BCUT2D eigenvalue weighted by Gasteiger charge is -2.15. The minimum Gasteiger partial charge on any atom is -0.478 e. The summed E-state index contributed by atoms with van der Waals surface area (Å²) in [6.07, 6.45) is 1.00. The van der Waals surface area contributed by atoms with Crippen molar-refractivity contribution in [2.75, 3.05) is 18.5 Å². The largest absolute Gasteiger partial charge is 0.478 e. The first-order valence-electron chi connectivity index (χ1n) is 6.66. The smallest absolute Gasteiger partial charge is 0.338 e. The van der Waals surface area contributed by atoms with Crippen LogP contribution >= 0.6 is 0 Å². The van der Waals surface area contributed by atoms with Crippen molar-refractivity contribution in [2.45, 2.75) is 19.4 Å². The fraction of sp³-hybridized carbons (Fsp3) is 0.429. The summed E-state index contributed by atoms with van der Waals surface area (Å²) in [7, 11) is 0. The van der Waals surface area contributed by atoms with Gasteiger partial charge in [-0.3, -0.25) is 0 Å². The van der Waals surface area contributed by atoms with Crippen LogP contribution in [0.3, 0.4) is 0 Å². The summed E-state index contributed by atoms with van der Waals surface area (Å²) in [6.45, 7) is 3.12. The third-order valence-electron chi connectivity index (χ3n) is 3.52. The van der Waals surface area contributed by atoms with E-state index in [0.29, 0.717) is 13.2 Å². The third-order valence-corrected chi connectivity index (χ3v) is 3.52. The van der Waals surface area contributed by atoms with Crippen molar-refractivity contribution >= 4 is 17.7 Å².